The van der Waals surface area contributed by atoms with Crippen LogP contribution in [0.4, 0.5) is 0 Å². The molecule has 20 heavy (non-hydrogen) atoms. The molecule has 0 radical (unpaired) electrons. The van der Waals surface area contributed by atoms with E-state index in [9.17, 15) is 4.79 Å². The minimum absolute atomic E-state index is 0.0694. The van der Waals surface area contributed by atoms with E-state index >= 15 is 0 Å². The van der Waals surface area contributed by atoms with Crippen molar-refractivity contribution < 1.29 is 4.79 Å². The van der Waals surface area contributed by atoms with Crippen molar-refractivity contribution in [2.24, 2.45) is 5.73 Å². The summed E-state index contributed by atoms with van der Waals surface area (Å²) in [6.45, 7) is 1.34. The van der Waals surface area contributed by atoms with Crippen molar-refractivity contribution in [3.05, 3.63) is 48.5 Å². The first kappa shape index (κ1) is 12.9. The van der Waals surface area contributed by atoms with Crippen LogP contribution in [0.3, 0.4) is 0 Å². The molecular weight excluding hydrogens is 252 g/mol. The van der Waals surface area contributed by atoms with Crippen LogP contribution in [0.5, 0.6) is 0 Å². The monoisotopic (exact) mass is 270 g/mol. The summed E-state index contributed by atoms with van der Waals surface area (Å²) < 4.78 is 1.89. The molecule has 1 saturated heterocycles. The van der Waals surface area contributed by atoms with E-state index in [0.717, 1.165) is 25.1 Å². The number of amides is 1. The number of rotatable bonds is 3. The van der Waals surface area contributed by atoms with Gasteiger partial charge in [-0.3, -0.25) is 4.79 Å². The topological polar surface area (TPSA) is 64.2 Å². The molecular formula is C15H18N4O. The summed E-state index contributed by atoms with van der Waals surface area (Å²) in [6, 6.07) is 7.79. The second-order valence-corrected chi connectivity index (χ2v) is 5.05. The molecule has 0 bridgehead atoms. The van der Waals surface area contributed by atoms with E-state index in [2.05, 4.69) is 4.98 Å². The van der Waals surface area contributed by atoms with Crippen LogP contribution in [-0.4, -0.2) is 39.5 Å². The Hall–Kier alpha value is -2.14. The van der Waals surface area contributed by atoms with Crippen LogP contribution in [0.15, 0.2) is 43.0 Å². The number of imidazole rings is 1. The molecule has 1 fully saturated rings. The Balaban J connectivity index is 1.87. The standard InChI is InChI=1S/C15H18N4O/c16-10-14-5-2-7-19(14)15(20)12-3-1-4-13(9-12)18-8-6-17-11-18/h1,3-4,6,8-9,11,14H,2,5,7,10,16H2/t14-/m1/s1. The second kappa shape index (κ2) is 5.46. The number of hydrogen-bond donors (Lipinski definition) is 1. The van der Waals surface area contributed by atoms with Crippen LogP contribution < -0.4 is 5.73 Å². The number of hydrogen-bond acceptors (Lipinski definition) is 3. The first-order valence-electron chi connectivity index (χ1n) is 6.89. The van der Waals surface area contributed by atoms with Gasteiger partial charge in [-0.05, 0) is 31.0 Å². The van der Waals surface area contributed by atoms with Gasteiger partial charge in [0.05, 0.1) is 6.33 Å². The van der Waals surface area contributed by atoms with Crippen molar-refractivity contribution in [3.8, 4) is 5.69 Å². The Kier molecular flexibility index (Phi) is 3.52. The van der Waals surface area contributed by atoms with Gasteiger partial charge in [0, 0.05) is 42.8 Å². The van der Waals surface area contributed by atoms with Crippen molar-refractivity contribution in [2.45, 2.75) is 18.9 Å². The van der Waals surface area contributed by atoms with Gasteiger partial charge in [0.2, 0.25) is 0 Å². The molecule has 5 heteroatoms. The number of likely N-dealkylation sites (tertiary alicyclic amines) is 1. The van der Waals surface area contributed by atoms with Crippen LogP contribution in [0.25, 0.3) is 5.69 Å². The van der Waals surface area contributed by atoms with Crippen LogP contribution >= 0.6 is 0 Å². The molecule has 0 spiro atoms. The molecule has 1 aromatic carbocycles. The highest BCUT2D eigenvalue weighted by atomic mass is 16.2. The molecule has 1 amide bonds. The zero-order chi connectivity index (χ0) is 13.9. The third kappa shape index (κ3) is 2.32. The summed E-state index contributed by atoms with van der Waals surface area (Å²) >= 11 is 0. The molecule has 2 N–H and O–H groups in total. The summed E-state index contributed by atoms with van der Waals surface area (Å²) in [5.41, 5.74) is 7.39. The van der Waals surface area contributed by atoms with Crippen LogP contribution in [0.1, 0.15) is 23.2 Å². The maximum absolute atomic E-state index is 12.6. The molecule has 1 aromatic heterocycles. The molecule has 2 aromatic rings. The Morgan fingerprint density at radius 3 is 3.10 bits per heavy atom. The van der Waals surface area contributed by atoms with E-state index in [4.69, 9.17) is 5.73 Å². The molecule has 0 saturated carbocycles. The van der Waals surface area contributed by atoms with Crippen LogP contribution in [0, 0.1) is 0 Å². The van der Waals surface area contributed by atoms with Gasteiger partial charge in [0.15, 0.2) is 0 Å². The molecule has 3 rings (SSSR count). The lowest BCUT2D eigenvalue weighted by molar-refractivity contribution is 0.0741. The number of benzene rings is 1. The summed E-state index contributed by atoms with van der Waals surface area (Å²) in [5.74, 6) is 0.0694. The third-order valence-corrected chi connectivity index (χ3v) is 3.81. The van der Waals surface area contributed by atoms with Crippen LogP contribution in [-0.2, 0) is 0 Å². The average Bonchev–Trinajstić information content (AvgIpc) is 3.17. The fourth-order valence-corrected chi connectivity index (χ4v) is 2.73. The van der Waals surface area contributed by atoms with E-state index in [1.165, 1.54) is 0 Å². The van der Waals surface area contributed by atoms with E-state index in [1.54, 1.807) is 12.5 Å². The van der Waals surface area contributed by atoms with Gasteiger partial charge in [-0.15, -0.1) is 0 Å². The van der Waals surface area contributed by atoms with Gasteiger partial charge in [0.1, 0.15) is 0 Å². The zero-order valence-electron chi connectivity index (χ0n) is 11.3. The van der Waals surface area contributed by atoms with Gasteiger partial charge in [-0.25, -0.2) is 4.98 Å². The second-order valence-electron chi connectivity index (χ2n) is 5.05. The minimum atomic E-state index is 0.0694. The highest BCUT2D eigenvalue weighted by Gasteiger charge is 2.28. The SMILES string of the molecule is NC[C@H]1CCCN1C(=O)c1cccc(-n2ccnc2)c1. The predicted octanol–water partition coefficient (Wildman–Crippen LogP) is 1.44. The normalized spacial score (nSPS) is 18.4. The number of carbonyl (C=O) groups excluding carboxylic acids is 1. The van der Waals surface area contributed by atoms with Gasteiger partial charge in [0.25, 0.3) is 5.91 Å². The minimum Gasteiger partial charge on any atom is -0.334 e. The summed E-state index contributed by atoms with van der Waals surface area (Å²) in [6.07, 6.45) is 7.35. The molecule has 104 valence electrons. The molecule has 1 atom stereocenters. The van der Waals surface area contributed by atoms with Crippen LogP contribution in [0.2, 0.25) is 0 Å². The zero-order valence-corrected chi connectivity index (χ0v) is 11.3. The van der Waals surface area contributed by atoms with E-state index in [0.29, 0.717) is 12.1 Å². The fraction of sp³-hybridized carbons (Fsp3) is 0.333. The van der Waals surface area contributed by atoms with Gasteiger partial charge < -0.3 is 15.2 Å². The van der Waals surface area contributed by atoms with E-state index < -0.39 is 0 Å². The Labute approximate surface area is 118 Å². The first-order valence-corrected chi connectivity index (χ1v) is 6.89. The van der Waals surface area contributed by atoms with Crippen molar-refractivity contribution in [1.82, 2.24) is 14.5 Å². The molecule has 1 aliphatic heterocycles. The number of aromatic nitrogens is 2. The Morgan fingerprint density at radius 1 is 1.45 bits per heavy atom. The fourth-order valence-electron chi connectivity index (χ4n) is 2.73. The number of nitrogens with zero attached hydrogens (tertiary/aromatic N) is 3. The Bertz CT molecular complexity index is 594. The molecule has 1 aliphatic rings. The Morgan fingerprint density at radius 2 is 2.35 bits per heavy atom. The van der Waals surface area contributed by atoms with E-state index in [1.807, 2.05) is 39.9 Å². The predicted molar refractivity (Wildman–Crippen MR) is 76.7 cm³/mol. The third-order valence-electron chi connectivity index (χ3n) is 3.81. The van der Waals surface area contributed by atoms with Gasteiger partial charge in [-0.2, -0.15) is 0 Å². The first-order chi connectivity index (χ1) is 9.79. The van der Waals surface area contributed by atoms with Crippen molar-refractivity contribution in [2.75, 3.05) is 13.1 Å². The quantitative estimate of drug-likeness (QED) is 0.917. The lowest BCUT2D eigenvalue weighted by Crippen LogP contribution is -2.39. The molecule has 2 heterocycles. The molecule has 5 nitrogen and oxygen atoms in total. The van der Waals surface area contributed by atoms with E-state index in [-0.39, 0.29) is 11.9 Å². The highest BCUT2D eigenvalue weighted by Crippen LogP contribution is 2.20. The molecule has 0 aliphatic carbocycles. The maximum atomic E-state index is 12.6. The largest absolute Gasteiger partial charge is 0.334 e. The summed E-state index contributed by atoms with van der Waals surface area (Å²) in [4.78, 5) is 18.5. The van der Waals surface area contributed by atoms with Gasteiger partial charge >= 0.3 is 0 Å². The molecule has 0 unspecified atom stereocenters. The highest BCUT2D eigenvalue weighted by molar-refractivity contribution is 5.95. The van der Waals surface area contributed by atoms with Crippen molar-refractivity contribution in [1.29, 1.82) is 0 Å². The lowest BCUT2D eigenvalue weighted by Gasteiger charge is -2.23. The summed E-state index contributed by atoms with van der Waals surface area (Å²) in [7, 11) is 0. The number of nitrogens with two attached hydrogens (primary N) is 1. The van der Waals surface area contributed by atoms with Crippen molar-refractivity contribution in [3.63, 3.8) is 0 Å². The summed E-state index contributed by atoms with van der Waals surface area (Å²) in [5, 5.41) is 0. The smallest absolute Gasteiger partial charge is 0.254 e. The average molecular weight is 270 g/mol. The lowest BCUT2D eigenvalue weighted by atomic mass is 10.1. The van der Waals surface area contributed by atoms with Crippen molar-refractivity contribution >= 4 is 5.91 Å². The number of carbonyl (C=O) groups is 1. The maximum Gasteiger partial charge on any atom is 0.254 e. The van der Waals surface area contributed by atoms with Gasteiger partial charge in [-0.1, -0.05) is 6.07 Å².